The molecule has 0 bridgehead atoms. The summed E-state index contributed by atoms with van der Waals surface area (Å²) in [4.78, 5) is 0. The SMILES string of the molecule is CCC1CCCCC12CC(NC)c1cc(Cl)ccc1O2. The van der Waals surface area contributed by atoms with Crippen molar-refractivity contribution in [3.8, 4) is 5.75 Å². The number of rotatable bonds is 2. The van der Waals surface area contributed by atoms with Crippen molar-refractivity contribution in [3.63, 3.8) is 0 Å². The number of nitrogens with one attached hydrogen (secondary N) is 1. The Labute approximate surface area is 126 Å². The molecule has 1 aliphatic heterocycles. The van der Waals surface area contributed by atoms with Gasteiger partial charge in [0.2, 0.25) is 0 Å². The average molecular weight is 294 g/mol. The number of hydrogen-bond acceptors (Lipinski definition) is 2. The zero-order valence-electron chi connectivity index (χ0n) is 12.4. The van der Waals surface area contributed by atoms with Gasteiger partial charge in [-0.1, -0.05) is 24.9 Å². The minimum absolute atomic E-state index is 0.0293. The lowest BCUT2D eigenvalue weighted by atomic mass is 9.69. The number of fused-ring (bicyclic) bond motifs is 1. The molecule has 1 N–H and O–H groups in total. The van der Waals surface area contributed by atoms with Crippen LogP contribution in [0.15, 0.2) is 18.2 Å². The first-order chi connectivity index (χ1) is 9.68. The molecular formula is C17H24ClNO. The highest BCUT2D eigenvalue weighted by molar-refractivity contribution is 6.30. The molecule has 1 fully saturated rings. The van der Waals surface area contributed by atoms with Crippen LogP contribution in [0.5, 0.6) is 5.75 Å². The highest BCUT2D eigenvalue weighted by atomic mass is 35.5. The first-order valence-electron chi connectivity index (χ1n) is 7.84. The summed E-state index contributed by atoms with van der Waals surface area (Å²) in [6.45, 7) is 2.30. The molecule has 0 aromatic heterocycles. The minimum Gasteiger partial charge on any atom is -0.487 e. The van der Waals surface area contributed by atoms with Gasteiger partial charge in [0.15, 0.2) is 0 Å². The lowest BCUT2D eigenvalue weighted by Crippen LogP contribution is -2.50. The van der Waals surface area contributed by atoms with E-state index in [4.69, 9.17) is 16.3 Å². The van der Waals surface area contributed by atoms with Gasteiger partial charge in [0, 0.05) is 23.0 Å². The van der Waals surface area contributed by atoms with Crippen molar-refractivity contribution in [2.24, 2.45) is 5.92 Å². The topological polar surface area (TPSA) is 21.3 Å². The second-order valence-corrected chi connectivity index (χ2v) is 6.68. The predicted octanol–water partition coefficient (Wildman–Crippen LogP) is 4.72. The highest BCUT2D eigenvalue weighted by Gasteiger charge is 2.46. The van der Waals surface area contributed by atoms with Gasteiger partial charge in [-0.2, -0.15) is 0 Å². The predicted molar refractivity (Wildman–Crippen MR) is 83.5 cm³/mol. The molecule has 1 aromatic carbocycles. The van der Waals surface area contributed by atoms with Crippen LogP contribution >= 0.6 is 11.6 Å². The number of halogens is 1. The normalized spacial score (nSPS) is 32.8. The second-order valence-electron chi connectivity index (χ2n) is 6.25. The van der Waals surface area contributed by atoms with Gasteiger partial charge in [-0.25, -0.2) is 0 Å². The Balaban J connectivity index is 1.99. The molecule has 3 rings (SSSR count). The Kier molecular flexibility index (Phi) is 3.96. The summed E-state index contributed by atoms with van der Waals surface area (Å²) >= 11 is 6.15. The molecule has 1 heterocycles. The van der Waals surface area contributed by atoms with Gasteiger partial charge in [0.25, 0.3) is 0 Å². The summed E-state index contributed by atoms with van der Waals surface area (Å²) in [6.07, 6.45) is 7.40. The monoisotopic (exact) mass is 293 g/mol. The maximum absolute atomic E-state index is 6.55. The van der Waals surface area contributed by atoms with Gasteiger partial charge >= 0.3 is 0 Å². The van der Waals surface area contributed by atoms with Crippen LogP contribution in [-0.2, 0) is 0 Å². The fourth-order valence-electron chi connectivity index (χ4n) is 4.12. The number of hydrogen-bond donors (Lipinski definition) is 1. The van der Waals surface area contributed by atoms with Crippen LogP contribution in [0.3, 0.4) is 0 Å². The van der Waals surface area contributed by atoms with Crippen molar-refractivity contribution in [3.05, 3.63) is 28.8 Å². The number of benzene rings is 1. The number of ether oxygens (including phenoxy) is 1. The van der Waals surface area contributed by atoms with Gasteiger partial charge < -0.3 is 10.1 Å². The van der Waals surface area contributed by atoms with Crippen LogP contribution in [0.1, 0.15) is 57.1 Å². The van der Waals surface area contributed by atoms with Gasteiger partial charge in [0.05, 0.1) is 0 Å². The maximum atomic E-state index is 6.55. The standard InChI is InChI=1S/C17H24ClNO/c1-3-12-6-4-5-9-17(12)11-15(19-2)14-10-13(18)7-8-16(14)20-17/h7-8,10,12,15,19H,3-6,9,11H2,1-2H3. The summed E-state index contributed by atoms with van der Waals surface area (Å²) < 4.78 is 6.55. The van der Waals surface area contributed by atoms with Crippen molar-refractivity contribution >= 4 is 11.6 Å². The van der Waals surface area contributed by atoms with Crippen molar-refractivity contribution in [1.29, 1.82) is 0 Å². The van der Waals surface area contributed by atoms with Gasteiger partial charge in [-0.15, -0.1) is 0 Å². The third kappa shape index (κ3) is 2.33. The Hall–Kier alpha value is -0.730. The van der Waals surface area contributed by atoms with Crippen LogP contribution in [-0.4, -0.2) is 12.6 Å². The van der Waals surface area contributed by atoms with E-state index in [1.165, 1.54) is 37.7 Å². The van der Waals surface area contributed by atoms with E-state index in [0.717, 1.165) is 17.2 Å². The van der Waals surface area contributed by atoms with Crippen molar-refractivity contribution in [2.45, 2.75) is 57.1 Å². The van der Waals surface area contributed by atoms with Gasteiger partial charge in [-0.3, -0.25) is 0 Å². The minimum atomic E-state index is 0.0293. The molecule has 0 radical (unpaired) electrons. The molecule has 2 aliphatic rings. The van der Waals surface area contributed by atoms with Crippen molar-refractivity contribution in [2.75, 3.05) is 7.05 Å². The molecule has 0 saturated heterocycles. The average Bonchev–Trinajstić information content (AvgIpc) is 2.47. The molecule has 1 spiro atoms. The molecule has 0 amide bonds. The summed E-state index contributed by atoms with van der Waals surface area (Å²) in [6, 6.07) is 6.39. The quantitative estimate of drug-likeness (QED) is 0.852. The molecule has 2 nitrogen and oxygen atoms in total. The Morgan fingerprint density at radius 3 is 3.00 bits per heavy atom. The van der Waals surface area contributed by atoms with Crippen LogP contribution in [0.2, 0.25) is 5.02 Å². The molecule has 3 atom stereocenters. The van der Waals surface area contributed by atoms with E-state index in [1.54, 1.807) is 0 Å². The van der Waals surface area contributed by atoms with Crippen LogP contribution < -0.4 is 10.1 Å². The Morgan fingerprint density at radius 1 is 1.40 bits per heavy atom. The molecule has 1 aliphatic carbocycles. The van der Waals surface area contributed by atoms with E-state index in [9.17, 15) is 0 Å². The lowest BCUT2D eigenvalue weighted by molar-refractivity contribution is -0.0517. The van der Waals surface area contributed by atoms with E-state index in [2.05, 4.69) is 18.3 Å². The summed E-state index contributed by atoms with van der Waals surface area (Å²) in [5, 5.41) is 4.26. The fraction of sp³-hybridized carbons (Fsp3) is 0.647. The largest absolute Gasteiger partial charge is 0.487 e. The molecule has 1 saturated carbocycles. The Morgan fingerprint density at radius 2 is 2.25 bits per heavy atom. The van der Waals surface area contributed by atoms with Crippen LogP contribution in [0.4, 0.5) is 0 Å². The van der Waals surface area contributed by atoms with Crippen molar-refractivity contribution in [1.82, 2.24) is 5.32 Å². The van der Waals surface area contributed by atoms with E-state index in [-0.39, 0.29) is 5.60 Å². The summed E-state index contributed by atoms with van der Waals surface area (Å²) in [7, 11) is 2.04. The zero-order valence-corrected chi connectivity index (χ0v) is 13.2. The van der Waals surface area contributed by atoms with Crippen LogP contribution in [0.25, 0.3) is 0 Å². The lowest BCUT2D eigenvalue weighted by Gasteiger charge is -2.49. The first kappa shape index (κ1) is 14.2. The molecule has 3 heteroatoms. The molecule has 20 heavy (non-hydrogen) atoms. The second kappa shape index (κ2) is 5.57. The smallest absolute Gasteiger partial charge is 0.125 e. The third-order valence-electron chi connectivity index (χ3n) is 5.20. The molecule has 1 aromatic rings. The van der Waals surface area contributed by atoms with E-state index >= 15 is 0 Å². The first-order valence-corrected chi connectivity index (χ1v) is 8.22. The van der Waals surface area contributed by atoms with Crippen LogP contribution in [0, 0.1) is 5.92 Å². The Bertz CT molecular complexity index is 490. The highest BCUT2D eigenvalue weighted by Crippen LogP contribution is 2.49. The van der Waals surface area contributed by atoms with E-state index in [0.29, 0.717) is 12.0 Å². The summed E-state index contributed by atoms with van der Waals surface area (Å²) in [5.74, 6) is 1.70. The van der Waals surface area contributed by atoms with Crippen molar-refractivity contribution < 1.29 is 4.74 Å². The van der Waals surface area contributed by atoms with Gasteiger partial charge in [-0.05, 0) is 56.8 Å². The molecule has 3 unspecified atom stereocenters. The zero-order chi connectivity index (χ0) is 14.2. The van der Waals surface area contributed by atoms with E-state index < -0.39 is 0 Å². The third-order valence-corrected chi connectivity index (χ3v) is 5.43. The van der Waals surface area contributed by atoms with E-state index in [1.807, 2.05) is 19.2 Å². The fourth-order valence-corrected chi connectivity index (χ4v) is 4.30. The summed E-state index contributed by atoms with van der Waals surface area (Å²) in [5.41, 5.74) is 1.24. The van der Waals surface area contributed by atoms with Gasteiger partial charge in [0.1, 0.15) is 11.4 Å². The maximum Gasteiger partial charge on any atom is 0.125 e. The molecular weight excluding hydrogens is 270 g/mol. The molecule has 110 valence electrons.